The van der Waals surface area contributed by atoms with Crippen LogP contribution in [0.1, 0.15) is 12.0 Å². The molecule has 5 atom stereocenters. The molecule has 3 rings (SSSR count). The highest BCUT2D eigenvalue weighted by Crippen LogP contribution is 2.54. The number of halogens is 2. The van der Waals surface area contributed by atoms with Gasteiger partial charge in [-0.3, -0.25) is 0 Å². The van der Waals surface area contributed by atoms with Gasteiger partial charge in [-0.25, -0.2) is 8.78 Å². The third-order valence-corrected chi connectivity index (χ3v) is 3.89. The van der Waals surface area contributed by atoms with Crippen molar-refractivity contribution >= 4 is 0 Å². The predicted molar refractivity (Wildman–Crippen MR) is 59.4 cm³/mol. The minimum absolute atomic E-state index is 0.00761. The van der Waals surface area contributed by atoms with E-state index < -0.39 is 6.17 Å². The van der Waals surface area contributed by atoms with E-state index in [4.69, 9.17) is 10.5 Å². The van der Waals surface area contributed by atoms with Crippen molar-refractivity contribution in [1.29, 1.82) is 0 Å². The predicted octanol–water partition coefficient (Wildman–Crippen LogP) is 2.03. The van der Waals surface area contributed by atoms with Gasteiger partial charge in [-0.2, -0.15) is 0 Å². The lowest BCUT2D eigenvalue weighted by molar-refractivity contribution is 0.0214. The molecule has 3 unspecified atom stereocenters. The molecule has 1 aromatic carbocycles. The third kappa shape index (κ3) is 1.96. The zero-order chi connectivity index (χ0) is 12.0. The van der Waals surface area contributed by atoms with Crippen molar-refractivity contribution in [2.24, 2.45) is 17.6 Å². The number of alkyl halides is 1. The minimum Gasteiger partial charge on any atom is -0.372 e. The van der Waals surface area contributed by atoms with Crippen LogP contribution < -0.4 is 5.73 Å². The fourth-order valence-corrected chi connectivity index (χ4v) is 2.78. The molecule has 2 aliphatic rings. The number of rotatable bonds is 3. The molecule has 4 heteroatoms. The van der Waals surface area contributed by atoms with Crippen molar-refractivity contribution in [3.63, 3.8) is 0 Å². The summed E-state index contributed by atoms with van der Waals surface area (Å²) in [7, 11) is 0. The second-order valence-corrected chi connectivity index (χ2v) is 4.97. The molecule has 2 fully saturated rings. The molecule has 17 heavy (non-hydrogen) atoms. The normalized spacial score (nSPS) is 39.1. The molecule has 2 aliphatic carbocycles. The summed E-state index contributed by atoms with van der Waals surface area (Å²) in [6.45, 7) is 0.412. The van der Waals surface area contributed by atoms with Crippen molar-refractivity contribution < 1.29 is 13.5 Å². The molecular weight excluding hydrogens is 224 g/mol. The molecule has 2 N–H and O–H groups in total. The lowest BCUT2D eigenvalue weighted by atomic mass is 10.1. The summed E-state index contributed by atoms with van der Waals surface area (Å²) in [5, 5.41) is 0. The fraction of sp³-hybridized carbons (Fsp3) is 0.538. The first-order valence-electron chi connectivity index (χ1n) is 5.92. The maximum atomic E-state index is 13.1. The summed E-state index contributed by atoms with van der Waals surface area (Å²) in [5.41, 5.74) is 6.83. The molecule has 0 aromatic heterocycles. The van der Waals surface area contributed by atoms with Crippen molar-refractivity contribution in [3.05, 3.63) is 35.6 Å². The first-order chi connectivity index (χ1) is 8.16. The van der Waals surface area contributed by atoms with Gasteiger partial charge in [-0.05, 0) is 24.1 Å². The van der Waals surface area contributed by atoms with Gasteiger partial charge in [-0.15, -0.1) is 0 Å². The smallest absolute Gasteiger partial charge is 0.123 e. The van der Waals surface area contributed by atoms with Gasteiger partial charge in [0.2, 0.25) is 0 Å². The summed E-state index contributed by atoms with van der Waals surface area (Å²) in [5.74, 6) is -0.135. The van der Waals surface area contributed by atoms with Crippen LogP contribution in [0.15, 0.2) is 24.3 Å². The molecule has 0 saturated heterocycles. The van der Waals surface area contributed by atoms with Crippen LogP contribution in [0.25, 0.3) is 0 Å². The standard InChI is InChI=1S/C13H15F2NO/c14-8-3-1-7(2-4-8)6-17-10-5-9-11(12(9)15)13(10)16/h1-4,9-13H,5-6,16H2/t9-,10-,11?,12?,13?/m1/s1. The van der Waals surface area contributed by atoms with Crippen LogP contribution in [0.4, 0.5) is 8.78 Å². The van der Waals surface area contributed by atoms with E-state index in [0.717, 1.165) is 5.56 Å². The Morgan fingerprint density at radius 1 is 1.29 bits per heavy atom. The molecule has 0 aliphatic heterocycles. The van der Waals surface area contributed by atoms with Crippen LogP contribution >= 0.6 is 0 Å². The molecule has 0 spiro atoms. The van der Waals surface area contributed by atoms with Crippen LogP contribution in [0.3, 0.4) is 0 Å². The Labute approximate surface area is 98.8 Å². The molecule has 1 aromatic rings. The lowest BCUT2D eigenvalue weighted by Gasteiger charge is -2.20. The Morgan fingerprint density at radius 2 is 2.00 bits per heavy atom. The fourth-order valence-electron chi connectivity index (χ4n) is 2.78. The minimum atomic E-state index is -0.712. The summed E-state index contributed by atoms with van der Waals surface area (Å²) in [4.78, 5) is 0. The van der Waals surface area contributed by atoms with Crippen molar-refractivity contribution in [1.82, 2.24) is 0 Å². The first kappa shape index (κ1) is 11.1. The van der Waals surface area contributed by atoms with E-state index in [2.05, 4.69) is 0 Å². The van der Waals surface area contributed by atoms with E-state index in [-0.39, 0.29) is 29.8 Å². The zero-order valence-corrected chi connectivity index (χ0v) is 9.35. The molecular formula is C13H15F2NO. The van der Waals surface area contributed by atoms with E-state index in [9.17, 15) is 8.78 Å². The van der Waals surface area contributed by atoms with Crippen LogP contribution in [-0.4, -0.2) is 18.3 Å². The van der Waals surface area contributed by atoms with Crippen LogP contribution in [0.2, 0.25) is 0 Å². The number of benzene rings is 1. The number of hydrogen-bond acceptors (Lipinski definition) is 2. The monoisotopic (exact) mass is 239 g/mol. The van der Waals surface area contributed by atoms with Gasteiger partial charge in [0.05, 0.1) is 12.7 Å². The topological polar surface area (TPSA) is 35.2 Å². The molecule has 0 radical (unpaired) electrons. The van der Waals surface area contributed by atoms with Gasteiger partial charge < -0.3 is 10.5 Å². The summed E-state index contributed by atoms with van der Waals surface area (Å²) < 4.78 is 31.4. The molecule has 0 heterocycles. The van der Waals surface area contributed by atoms with Gasteiger partial charge in [-0.1, -0.05) is 12.1 Å². The number of nitrogens with two attached hydrogens (primary N) is 1. The van der Waals surface area contributed by atoms with Crippen LogP contribution in [0, 0.1) is 17.7 Å². The van der Waals surface area contributed by atoms with Gasteiger partial charge in [0.1, 0.15) is 12.0 Å². The highest BCUT2D eigenvalue weighted by molar-refractivity contribution is 5.16. The van der Waals surface area contributed by atoms with Gasteiger partial charge >= 0.3 is 0 Å². The second kappa shape index (κ2) is 4.03. The maximum Gasteiger partial charge on any atom is 0.123 e. The Hall–Kier alpha value is -1.00. The van der Waals surface area contributed by atoms with Gasteiger partial charge in [0.15, 0.2) is 0 Å². The van der Waals surface area contributed by atoms with Crippen molar-refractivity contribution in [2.75, 3.05) is 0 Å². The quantitative estimate of drug-likeness (QED) is 0.876. The van der Waals surface area contributed by atoms with Crippen molar-refractivity contribution in [3.8, 4) is 0 Å². The van der Waals surface area contributed by atoms with Gasteiger partial charge in [0, 0.05) is 17.9 Å². The largest absolute Gasteiger partial charge is 0.372 e. The molecule has 0 bridgehead atoms. The van der Waals surface area contributed by atoms with Crippen LogP contribution in [0.5, 0.6) is 0 Å². The summed E-state index contributed by atoms with van der Waals surface area (Å²) >= 11 is 0. The average Bonchev–Trinajstić information content (AvgIpc) is 2.81. The highest BCUT2D eigenvalue weighted by Gasteiger charge is 2.62. The van der Waals surface area contributed by atoms with E-state index in [1.54, 1.807) is 12.1 Å². The Kier molecular flexibility index (Phi) is 2.64. The van der Waals surface area contributed by atoms with Gasteiger partial charge in [0.25, 0.3) is 0 Å². The number of fused-ring (bicyclic) bond motifs is 1. The Morgan fingerprint density at radius 3 is 2.59 bits per heavy atom. The highest BCUT2D eigenvalue weighted by atomic mass is 19.1. The zero-order valence-electron chi connectivity index (χ0n) is 9.35. The summed E-state index contributed by atoms with van der Waals surface area (Å²) in [6.07, 6.45) is -0.0495. The maximum absolute atomic E-state index is 13.1. The van der Waals surface area contributed by atoms with Crippen molar-refractivity contribution in [2.45, 2.75) is 31.3 Å². The Bertz CT molecular complexity index is 408. The average molecular weight is 239 g/mol. The SMILES string of the molecule is NC1C2C(F)[C@@H]2C[C@H]1OCc1ccc(F)cc1. The van der Waals surface area contributed by atoms with E-state index in [1.165, 1.54) is 12.1 Å². The number of hydrogen-bond donors (Lipinski definition) is 1. The second-order valence-electron chi connectivity index (χ2n) is 4.97. The lowest BCUT2D eigenvalue weighted by Crippen LogP contribution is -2.36. The van der Waals surface area contributed by atoms with E-state index in [0.29, 0.717) is 13.0 Å². The molecule has 0 amide bonds. The van der Waals surface area contributed by atoms with Crippen LogP contribution in [-0.2, 0) is 11.3 Å². The molecule has 2 nitrogen and oxygen atoms in total. The Balaban J connectivity index is 1.54. The molecule has 92 valence electrons. The van der Waals surface area contributed by atoms with E-state index >= 15 is 0 Å². The number of ether oxygens (including phenoxy) is 1. The summed E-state index contributed by atoms with van der Waals surface area (Å²) in [6, 6.07) is 6.00. The first-order valence-corrected chi connectivity index (χ1v) is 5.92. The molecule has 2 saturated carbocycles. The third-order valence-electron chi connectivity index (χ3n) is 3.89. The van der Waals surface area contributed by atoms with E-state index in [1.807, 2.05) is 0 Å².